The first-order valence-electron chi connectivity index (χ1n) is 6.45. The highest BCUT2D eigenvalue weighted by Gasteiger charge is 2.44. The molecule has 0 aromatic rings. The molecule has 2 aliphatic heterocycles. The summed E-state index contributed by atoms with van der Waals surface area (Å²) in [6.45, 7) is 14.6. The standard InChI is InChI=1S/C13H26N2/c1-10(2)7-15-6-5-12-11(8-15)13(3,4)9-14-12/h10-12,14H,5-9H2,1-4H3. The minimum Gasteiger partial charge on any atom is -0.313 e. The van der Waals surface area contributed by atoms with Crippen molar-refractivity contribution in [3.63, 3.8) is 0 Å². The van der Waals surface area contributed by atoms with Crippen LogP contribution in [0.4, 0.5) is 0 Å². The Morgan fingerprint density at radius 1 is 1.40 bits per heavy atom. The molecule has 2 heteroatoms. The lowest BCUT2D eigenvalue weighted by molar-refractivity contribution is 0.102. The Morgan fingerprint density at radius 3 is 2.80 bits per heavy atom. The monoisotopic (exact) mass is 210 g/mol. The van der Waals surface area contributed by atoms with Crippen LogP contribution in [0.3, 0.4) is 0 Å². The summed E-state index contributed by atoms with van der Waals surface area (Å²) in [6, 6.07) is 0.795. The molecule has 2 heterocycles. The highest BCUT2D eigenvalue weighted by molar-refractivity contribution is 5.00. The molecule has 88 valence electrons. The average Bonchev–Trinajstić information content (AvgIpc) is 2.42. The van der Waals surface area contributed by atoms with Crippen molar-refractivity contribution in [1.29, 1.82) is 0 Å². The van der Waals surface area contributed by atoms with Gasteiger partial charge in [-0.1, -0.05) is 27.7 Å². The third-order valence-electron chi connectivity index (χ3n) is 4.14. The average molecular weight is 210 g/mol. The number of piperidine rings is 1. The van der Waals surface area contributed by atoms with Gasteiger partial charge in [-0.15, -0.1) is 0 Å². The van der Waals surface area contributed by atoms with Gasteiger partial charge in [0.05, 0.1) is 0 Å². The summed E-state index contributed by atoms with van der Waals surface area (Å²) < 4.78 is 0. The van der Waals surface area contributed by atoms with Crippen LogP contribution < -0.4 is 5.32 Å². The molecule has 0 aromatic carbocycles. The van der Waals surface area contributed by atoms with E-state index in [0.29, 0.717) is 5.41 Å². The fourth-order valence-electron chi connectivity index (χ4n) is 3.26. The molecule has 0 saturated carbocycles. The molecule has 2 rings (SSSR count). The zero-order valence-electron chi connectivity index (χ0n) is 10.7. The van der Waals surface area contributed by atoms with Crippen molar-refractivity contribution in [2.75, 3.05) is 26.2 Å². The number of nitrogens with zero attached hydrogens (tertiary/aromatic N) is 1. The van der Waals surface area contributed by atoms with Gasteiger partial charge < -0.3 is 10.2 Å². The first-order chi connectivity index (χ1) is 6.99. The van der Waals surface area contributed by atoms with Crippen LogP contribution in [0.1, 0.15) is 34.1 Å². The fraction of sp³-hybridized carbons (Fsp3) is 1.00. The van der Waals surface area contributed by atoms with Crippen molar-refractivity contribution in [2.24, 2.45) is 17.3 Å². The van der Waals surface area contributed by atoms with E-state index in [-0.39, 0.29) is 0 Å². The van der Waals surface area contributed by atoms with E-state index in [4.69, 9.17) is 0 Å². The van der Waals surface area contributed by atoms with Gasteiger partial charge in [0, 0.05) is 25.7 Å². The van der Waals surface area contributed by atoms with Crippen LogP contribution in [0.15, 0.2) is 0 Å². The van der Waals surface area contributed by atoms with E-state index in [1.165, 1.54) is 32.6 Å². The molecule has 2 unspecified atom stereocenters. The third-order valence-corrected chi connectivity index (χ3v) is 4.14. The summed E-state index contributed by atoms with van der Waals surface area (Å²) >= 11 is 0. The molecule has 0 spiro atoms. The summed E-state index contributed by atoms with van der Waals surface area (Å²) in [4.78, 5) is 2.67. The second-order valence-electron chi connectivity index (χ2n) is 6.52. The number of nitrogens with one attached hydrogen (secondary N) is 1. The molecule has 0 aromatic heterocycles. The molecule has 1 N–H and O–H groups in total. The van der Waals surface area contributed by atoms with Crippen LogP contribution in [0.25, 0.3) is 0 Å². The number of fused-ring (bicyclic) bond motifs is 1. The summed E-state index contributed by atoms with van der Waals surface area (Å²) in [5, 5.41) is 3.70. The lowest BCUT2D eigenvalue weighted by Crippen LogP contribution is -2.47. The summed E-state index contributed by atoms with van der Waals surface area (Å²) in [5.41, 5.74) is 0.500. The Bertz CT molecular complexity index is 223. The van der Waals surface area contributed by atoms with Crippen molar-refractivity contribution in [3.05, 3.63) is 0 Å². The van der Waals surface area contributed by atoms with Crippen LogP contribution in [0, 0.1) is 17.3 Å². The van der Waals surface area contributed by atoms with E-state index < -0.39 is 0 Å². The molecular weight excluding hydrogens is 184 g/mol. The normalized spacial score (nSPS) is 35.8. The van der Waals surface area contributed by atoms with Crippen molar-refractivity contribution in [1.82, 2.24) is 10.2 Å². The van der Waals surface area contributed by atoms with Gasteiger partial charge in [0.25, 0.3) is 0 Å². The maximum Gasteiger partial charge on any atom is 0.0125 e. The van der Waals surface area contributed by atoms with Gasteiger partial charge in [-0.05, 0) is 30.2 Å². The molecule has 2 aliphatic rings. The van der Waals surface area contributed by atoms with E-state index in [9.17, 15) is 0 Å². The molecule has 2 saturated heterocycles. The molecule has 0 amide bonds. The maximum atomic E-state index is 3.70. The highest BCUT2D eigenvalue weighted by atomic mass is 15.2. The van der Waals surface area contributed by atoms with Crippen molar-refractivity contribution >= 4 is 0 Å². The number of likely N-dealkylation sites (tertiary alicyclic amines) is 1. The Labute approximate surface area is 94.4 Å². The minimum atomic E-state index is 0.500. The second-order valence-corrected chi connectivity index (χ2v) is 6.52. The van der Waals surface area contributed by atoms with E-state index in [2.05, 4.69) is 37.9 Å². The third kappa shape index (κ3) is 2.36. The van der Waals surface area contributed by atoms with E-state index >= 15 is 0 Å². The zero-order chi connectivity index (χ0) is 11.1. The summed E-state index contributed by atoms with van der Waals surface area (Å²) in [6.07, 6.45) is 1.35. The maximum absolute atomic E-state index is 3.70. The minimum absolute atomic E-state index is 0.500. The summed E-state index contributed by atoms with van der Waals surface area (Å²) in [7, 11) is 0. The van der Waals surface area contributed by atoms with Gasteiger partial charge >= 0.3 is 0 Å². The fourth-order valence-corrected chi connectivity index (χ4v) is 3.26. The van der Waals surface area contributed by atoms with Crippen LogP contribution in [-0.2, 0) is 0 Å². The first-order valence-corrected chi connectivity index (χ1v) is 6.45. The molecular formula is C13H26N2. The van der Waals surface area contributed by atoms with Crippen LogP contribution in [0.5, 0.6) is 0 Å². The Hall–Kier alpha value is -0.0800. The van der Waals surface area contributed by atoms with Crippen LogP contribution in [-0.4, -0.2) is 37.1 Å². The smallest absolute Gasteiger partial charge is 0.0125 e. The zero-order valence-corrected chi connectivity index (χ0v) is 10.7. The molecule has 0 bridgehead atoms. The quantitative estimate of drug-likeness (QED) is 0.749. The van der Waals surface area contributed by atoms with Gasteiger partial charge in [0.2, 0.25) is 0 Å². The molecule has 2 nitrogen and oxygen atoms in total. The van der Waals surface area contributed by atoms with Gasteiger partial charge in [-0.2, -0.15) is 0 Å². The number of rotatable bonds is 2. The largest absolute Gasteiger partial charge is 0.313 e. The van der Waals surface area contributed by atoms with Gasteiger partial charge in [-0.3, -0.25) is 0 Å². The molecule has 0 aliphatic carbocycles. The van der Waals surface area contributed by atoms with E-state index in [0.717, 1.165) is 17.9 Å². The van der Waals surface area contributed by atoms with Crippen LogP contribution in [0.2, 0.25) is 0 Å². The molecule has 15 heavy (non-hydrogen) atoms. The number of hydrogen-bond acceptors (Lipinski definition) is 2. The highest BCUT2D eigenvalue weighted by Crippen LogP contribution is 2.38. The Balaban J connectivity index is 1.96. The van der Waals surface area contributed by atoms with E-state index in [1.54, 1.807) is 0 Å². The predicted molar refractivity (Wildman–Crippen MR) is 65.0 cm³/mol. The molecule has 2 atom stereocenters. The van der Waals surface area contributed by atoms with Gasteiger partial charge in [0.15, 0.2) is 0 Å². The lowest BCUT2D eigenvalue weighted by atomic mass is 9.76. The number of hydrogen-bond donors (Lipinski definition) is 1. The van der Waals surface area contributed by atoms with E-state index in [1.807, 2.05) is 0 Å². The second kappa shape index (κ2) is 4.06. The molecule has 2 fully saturated rings. The van der Waals surface area contributed by atoms with Crippen molar-refractivity contribution in [2.45, 2.75) is 40.2 Å². The molecule has 0 radical (unpaired) electrons. The Kier molecular flexibility index (Phi) is 3.09. The summed E-state index contributed by atoms with van der Waals surface area (Å²) in [5.74, 6) is 1.67. The topological polar surface area (TPSA) is 15.3 Å². The predicted octanol–water partition coefficient (Wildman–Crippen LogP) is 1.96. The lowest BCUT2D eigenvalue weighted by Gasteiger charge is -2.40. The Morgan fingerprint density at radius 2 is 2.13 bits per heavy atom. The van der Waals surface area contributed by atoms with Crippen molar-refractivity contribution in [3.8, 4) is 0 Å². The first kappa shape index (κ1) is 11.4. The SMILES string of the molecule is CC(C)CN1CCC2NCC(C)(C)C2C1. The van der Waals surface area contributed by atoms with Gasteiger partial charge in [-0.25, -0.2) is 0 Å². The van der Waals surface area contributed by atoms with Crippen molar-refractivity contribution < 1.29 is 0 Å². The van der Waals surface area contributed by atoms with Crippen LogP contribution >= 0.6 is 0 Å². The van der Waals surface area contributed by atoms with Gasteiger partial charge in [0.1, 0.15) is 0 Å².